The van der Waals surface area contributed by atoms with Gasteiger partial charge in [-0.2, -0.15) is 0 Å². The molecule has 0 bridgehead atoms. The molecule has 122 valence electrons. The second-order valence-corrected chi connectivity index (χ2v) is 4.51. The first-order valence-electron chi connectivity index (χ1n) is 6.71. The number of ether oxygens (including phenoxy) is 2. The first-order valence-corrected chi connectivity index (χ1v) is 6.71. The Morgan fingerprint density at radius 2 is 1.83 bits per heavy atom. The molecule has 0 aliphatic heterocycles. The van der Waals surface area contributed by atoms with E-state index in [1.165, 1.54) is 7.11 Å². The van der Waals surface area contributed by atoms with Crippen molar-refractivity contribution < 1.29 is 27.4 Å². The molecule has 0 radical (unpaired) electrons. The monoisotopic (exact) mass is 325 g/mol. The fourth-order valence-corrected chi connectivity index (χ4v) is 1.82. The van der Waals surface area contributed by atoms with Gasteiger partial charge >= 0.3 is 0 Å². The van der Waals surface area contributed by atoms with Crippen LogP contribution in [0, 0.1) is 17.5 Å². The fraction of sp³-hybridized carbons (Fsp3) is 0.188. The normalized spacial score (nSPS) is 10.3. The zero-order valence-electron chi connectivity index (χ0n) is 12.2. The fourth-order valence-electron chi connectivity index (χ4n) is 1.82. The molecule has 0 aliphatic carbocycles. The van der Waals surface area contributed by atoms with Crippen molar-refractivity contribution in [2.75, 3.05) is 20.3 Å². The molecule has 0 aromatic heterocycles. The molecule has 23 heavy (non-hydrogen) atoms. The van der Waals surface area contributed by atoms with Crippen LogP contribution in [0.2, 0.25) is 0 Å². The van der Waals surface area contributed by atoms with Crippen LogP contribution in [0.3, 0.4) is 0 Å². The molecule has 0 heterocycles. The lowest BCUT2D eigenvalue weighted by Crippen LogP contribution is -2.29. The van der Waals surface area contributed by atoms with Gasteiger partial charge in [-0.05, 0) is 24.3 Å². The molecule has 0 saturated heterocycles. The van der Waals surface area contributed by atoms with Crippen LogP contribution >= 0.6 is 0 Å². The van der Waals surface area contributed by atoms with Crippen molar-refractivity contribution in [1.82, 2.24) is 5.32 Å². The van der Waals surface area contributed by atoms with E-state index >= 15 is 0 Å². The van der Waals surface area contributed by atoms with E-state index in [0.29, 0.717) is 17.6 Å². The van der Waals surface area contributed by atoms with Crippen molar-refractivity contribution in [3.05, 3.63) is 59.4 Å². The average molecular weight is 325 g/mol. The molecule has 2 aromatic rings. The molecule has 4 nitrogen and oxygen atoms in total. The van der Waals surface area contributed by atoms with Gasteiger partial charge in [-0.25, -0.2) is 13.2 Å². The van der Waals surface area contributed by atoms with Gasteiger partial charge in [0.1, 0.15) is 18.1 Å². The lowest BCUT2D eigenvalue weighted by Gasteiger charge is -2.09. The summed E-state index contributed by atoms with van der Waals surface area (Å²) in [7, 11) is 1.52. The van der Waals surface area contributed by atoms with Gasteiger partial charge in [-0.3, -0.25) is 4.79 Å². The summed E-state index contributed by atoms with van der Waals surface area (Å²) in [6.45, 7) is 0.179. The van der Waals surface area contributed by atoms with Gasteiger partial charge < -0.3 is 14.8 Å². The third kappa shape index (κ3) is 4.15. The highest BCUT2D eigenvalue weighted by atomic mass is 19.2. The van der Waals surface area contributed by atoms with Crippen LogP contribution in [0.25, 0.3) is 0 Å². The second kappa shape index (κ2) is 7.53. The molecular formula is C16H14F3NO3. The Balaban J connectivity index is 1.86. The molecule has 7 heteroatoms. The van der Waals surface area contributed by atoms with E-state index < -0.39 is 28.9 Å². The molecule has 1 N–H and O–H groups in total. The Morgan fingerprint density at radius 3 is 2.57 bits per heavy atom. The van der Waals surface area contributed by atoms with E-state index in [-0.39, 0.29) is 13.2 Å². The van der Waals surface area contributed by atoms with Crippen LogP contribution in [0.15, 0.2) is 36.4 Å². The number of amides is 1. The standard InChI is InChI=1S/C16H14F3NO3/c1-22-10-3-2-4-11(9-10)23-8-7-20-16(21)12-5-6-13(17)15(19)14(12)18/h2-6,9H,7-8H2,1H3,(H,20,21). The number of carbonyl (C=O) groups is 1. The number of hydrogen-bond donors (Lipinski definition) is 1. The quantitative estimate of drug-likeness (QED) is 0.656. The first-order chi connectivity index (χ1) is 11.0. The molecule has 0 saturated carbocycles. The number of benzene rings is 2. The Bertz CT molecular complexity index is 707. The van der Waals surface area contributed by atoms with E-state index in [1.54, 1.807) is 24.3 Å². The number of halogens is 3. The summed E-state index contributed by atoms with van der Waals surface area (Å²) in [6.07, 6.45) is 0. The first kappa shape index (κ1) is 16.7. The average Bonchev–Trinajstić information content (AvgIpc) is 2.56. The minimum Gasteiger partial charge on any atom is -0.497 e. The van der Waals surface area contributed by atoms with E-state index in [9.17, 15) is 18.0 Å². The Hall–Kier alpha value is -2.70. The van der Waals surface area contributed by atoms with Crippen LogP contribution in [0.1, 0.15) is 10.4 Å². The van der Waals surface area contributed by atoms with Crippen LogP contribution in [-0.4, -0.2) is 26.2 Å². The second-order valence-electron chi connectivity index (χ2n) is 4.51. The maximum absolute atomic E-state index is 13.4. The van der Waals surface area contributed by atoms with E-state index in [1.807, 2.05) is 0 Å². The lowest BCUT2D eigenvalue weighted by atomic mass is 10.2. The van der Waals surface area contributed by atoms with Gasteiger partial charge in [0.25, 0.3) is 5.91 Å². The molecule has 0 fully saturated rings. The van der Waals surface area contributed by atoms with Crippen molar-refractivity contribution >= 4 is 5.91 Å². The summed E-state index contributed by atoms with van der Waals surface area (Å²) in [4.78, 5) is 11.7. The predicted octanol–water partition coefficient (Wildman–Crippen LogP) is 2.92. The van der Waals surface area contributed by atoms with Crippen LogP contribution in [0.4, 0.5) is 13.2 Å². The largest absolute Gasteiger partial charge is 0.497 e. The van der Waals surface area contributed by atoms with E-state index in [0.717, 1.165) is 6.07 Å². The number of hydrogen-bond acceptors (Lipinski definition) is 3. The maximum Gasteiger partial charge on any atom is 0.254 e. The maximum atomic E-state index is 13.4. The molecule has 0 spiro atoms. The molecule has 0 atom stereocenters. The summed E-state index contributed by atoms with van der Waals surface area (Å²) in [5.74, 6) is -4.23. The Kier molecular flexibility index (Phi) is 5.46. The van der Waals surface area contributed by atoms with Gasteiger partial charge in [-0.15, -0.1) is 0 Å². The third-order valence-electron chi connectivity index (χ3n) is 2.98. The molecule has 0 unspecified atom stereocenters. The van der Waals surface area contributed by atoms with Gasteiger partial charge in [-0.1, -0.05) is 6.07 Å². The molecule has 2 aromatic carbocycles. The number of methoxy groups -OCH3 is 1. The Morgan fingerprint density at radius 1 is 1.09 bits per heavy atom. The summed E-state index contributed by atoms with van der Waals surface area (Å²) >= 11 is 0. The van der Waals surface area contributed by atoms with Crippen LogP contribution < -0.4 is 14.8 Å². The molecule has 0 aliphatic rings. The van der Waals surface area contributed by atoms with Gasteiger partial charge in [0.15, 0.2) is 17.5 Å². The lowest BCUT2D eigenvalue weighted by molar-refractivity contribution is 0.0941. The number of rotatable bonds is 6. The predicted molar refractivity (Wildman–Crippen MR) is 77.1 cm³/mol. The number of carbonyl (C=O) groups excluding carboxylic acids is 1. The molecule has 1 amide bonds. The van der Waals surface area contributed by atoms with Gasteiger partial charge in [0.05, 0.1) is 19.2 Å². The van der Waals surface area contributed by atoms with E-state index in [4.69, 9.17) is 9.47 Å². The summed E-state index contributed by atoms with van der Waals surface area (Å²) in [5, 5.41) is 2.36. The third-order valence-corrected chi connectivity index (χ3v) is 2.98. The minimum absolute atomic E-state index is 0.0640. The zero-order chi connectivity index (χ0) is 16.8. The number of nitrogens with one attached hydrogen (secondary N) is 1. The zero-order valence-corrected chi connectivity index (χ0v) is 12.2. The topological polar surface area (TPSA) is 47.6 Å². The smallest absolute Gasteiger partial charge is 0.254 e. The molecule has 2 rings (SSSR count). The van der Waals surface area contributed by atoms with Crippen molar-refractivity contribution in [2.24, 2.45) is 0 Å². The summed E-state index contributed by atoms with van der Waals surface area (Å²) < 4.78 is 49.7. The highest BCUT2D eigenvalue weighted by molar-refractivity contribution is 5.94. The van der Waals surface area contributed by atoms with Gasteiger partial charge in [0.2, 0.25) is 0 Å². The van der Waals surface area contributed by atoms with Crippen molar-refractivity contribution in [3.63, 3.8) is 0 Å². The SMILES string of the molecule is COc1cccc(OCCNC(=O)c2ccc(F)c(F)c2F)c1. The van der Waals surface area contributed by atoms with Crippen LogP contribution in [0.5, 0.6) is 11.5 Å². The molecular weight excluding hydrogens is 311 g/mol. The summed E-state index contributed by atoms with van der Waals surface area (Å²) in [5.41, 5.74) is -0.565. The summed E-state index contributed by atoms with van der Waals surface area (Å²) in [6, 6.07) is 8.44. The van der Waals surface area contributed by atoms with Crippen LogP contribution in [-0.2, 0) is 0 Å². The highest BCUT2D eigenvalue weighted by Crippen LogP contribution is 2.18. The van der Waals surface area contributed by atoms with Crippen molar-refractivity contribution in [1.29, 1.82) is 0 Å². The Labute approximate surface area is 130 Å². The minimum atomic E-state index is -1.68. The van der Waals surface area contributed by atoms with Crippen molar-refractivity contribution in [2.45, 2.75) is 0 Å². The van der Waals surface area contributed by atoms with Crippen molar-refractivity contribution in [3.8, 4) is 11.5 Å². The van der Waals surface area contributed by atoms with Gasteiger partial charge in [0, 0.05) is 6.07 Å². The highest BCUT2D eigenvalue weighted by Gasteiger charge is 2.18. The van der Waals surface area contributed by atoms with E-state index in [2.05, 4.69) is 5.32 Å².